The molecular weight excluding hydrogens is 184 g/mol. The highest BCUT2D eigenvalue weighted by atomic mass is 16.1. The van der Waals surface area contributed by atoms with Gasteiger partial charge in [-0.1, -0.05) is 38.0 Å². The van der Waals surface area contributed by atoms with Crippen LogP contribution in [0.3, 0.4) is 0 Å². The quantitative estimate of drug-likeness (QED) is 0.492. The molecule has 15 heavy (non-hydrogen) atoms. The van der Waals surface area contributed by atoms with Crippen molar-refractivity contribution in [2.45, 2.75) is 45.4 Å². The maximum absolute atomic E-state index is 11.4. The Hall–Kier alpha value is -0.850. The Morgan fingerprint density at radius 2 is 2.13 bits per heavy atom. The third-order valence-corrected chi connectivity index (χ3v) is 3.05. The van der Waals surface area contributed by atoms with E-state index >= 15 is 0 Å². The molecule has 0 radical (unpaired) electrons. The minimum Gasteiger partial charge on any atom is -0.300 e. The van der Waals surface area contributed by atoms with Crippen LogP contribution in [0.2, 0.25) is 0 Å². The molecule has 0 aromatic rings. The number of carbonyl (C=O) groups is 1. The van der Waals surface area contributed by atoms with Crippen LogP contribution in [0.4, 0.5) is 0 Å². The lowest BCUT2D eigenvalue weighted by atomic mass is 9.80. The highest BCUT2D eigenvalue weighted by Crippen LogP contribution is 2.28. The standard InChI is InChI=1S/C14H22O/c1-3-5-6-7-8-13-9-12(4-2)10-14(15)11-13/h4,7-8,12-13H,2-3,5-6,9-11H2,1H3/b8-7+/t12-,13+/m0/s1. The second-order valence-corrected chi connectivity index (χ2v) is 4.51. The molecule has 1 rings (SSSR count). The molecule has 2 atom stereocenters. The topological polar surface area (TPSA) is 17.1 Å². The van der Waals surface area contributed by atoms with Crippen LogP contribution in [-0.4, -0.2) is 5.78 Å². The van der Waals surface area contributed by atoms with E-state index in [-0.39, 0.29) is 0 Å². The van der Waals surface area contributed by atoms with Gasteiger partial charge in [-0.15, -0.1) is 6.58 Å². The lowest BCUT2D eigenvalue weighted by molar-refractivity contribution is -0.121. The first kappa shape index (κ1) is 12.2. The summed E-state index contributed by atoms with van der Waals surface area (Å²) in [5.41, 5.74) is 0. The summed E-state index contributed by atoms with van der Waals surface area (Å²) in [5.74, 6) is 1.27. The van der Waals surface area contributed by atoms with E-state index in [1.165, 1.54) is 12.8 Å². The van der Waals surface area contributed by atoms with Gasteiger partial charge in [-0.3, -0.25) is 4.79 Å². The third kappa shape index (κ3) is 4.46. The normalized spacial score (nSPS) is 27.1. The average Bonchev–Trinajstić information content (AvgIpc) is 2.23. The largest absolute Gasteiger partial charge is 0.300 e. The summed E-state index contributed by atoms with van der Waals surface area (Å²) in [7, 11) is 0. The summed E-state index contributed by atoms with van der Waals surface area (Å²) in [6.45, 7) is 5.99. The highest BCUT2D eigenvalue weighted by molar-refractivity contribution is 5.80. The Kier molecular flexibility index (Phi) is 5.38. The van der Waals surface area contributed by atoms with Crippen molar-refractivity contribution >= 4 is 5.78 Å². The van der Waals surface area contributed by atoms with E-state index < -0.39 is 0 Å². The van der Waals surface area contributed by atoms with Gasteiger partial charge in [-0.2, -0.15) is 0 Å². The van der Waals surface area contributed by atoms with Crippen LogP contribution in [-0.2, 0) is 4.79 Å². The number of allylic oxidation sites excluding steroid dienone is 3. The fourth-order valence-corrected chi connectivity index (χ4v) is 2.16. The molecule has 0 bridgehead atoms. The zero-order chi connectivity index (χ0) is 11.1. The molecule has 0 unspecified atom stereocenters. The van der Waals surface area contributed by atoms with Crippen LogP contribution in [0.5, 0.6) is 0 Å². The van der Waals surface area contributed by atoms with Crippen LogP contribution in [0, 0.1) is 11.8 Å². The minimum atomic E-state index is 0.399. The zero-order valence-electron chi connectivity index (χ0n) is 9.74. The number of hydrogen-bond acceptors (Lipinski definition) is 1. The molecule has 0 amide bonds. The van der Waals surface area contributed by atoms with Crippen molar-refractivity contribution in [3.05, 3.63) is 24.8 Å². The average molecular weight is 206 g/mol. The van der Waals surface area contributed by atoms with Crippen molar-refractivity contribution in [3.8, 4) is 0 Å². The first-order valence-corrected chi connectivity index (χ1v) is 6.07. The van der Waals surface area contributed by atoms with Gasteiger partial charge in [0.25, 0.3) is 0 Å². The van der Waals surface area contributed by atoms with E-state index in [9.17, 15) is 4.79 Å². The Labute approximate surface area is 93.3 Å². The SMILES string of the molecule is C=C[C@@H]1CC(=O)C[C@H](/C=C/CCCC)C1. The van der Waals surface area contributed by atoms with E-state index in [0.29, 0.717) is 24.0 Å². The number of carbonyl (C=O) groups excluding carboxylic acids is 1. The minimum absolute atomic E-state index is 0.399. The van der Waals surface area contributed by atoms with Gasteiger partial charge in [0, 0.05) is 12.8 Å². The lowest BCUT2D eigenvalue weighted by Gasteiger charge is -2.23. The van der Waals surface area contributed by atoms with Crippen molar-refractivity contribution in [2.24, 2.45) is 11.8 Å². The molecule has 84 valence electrons. The first-order valence-electron chi connectivity index (χ1n) is 6.07. The van der Waals surface area contributed by atoms with Gasteiger partial charge in [0.2, 0.25) is 0 Å². The lowest BCUT2D eigenvalue weighted by Crippen LogP contribution is -2.20. The van der Waals surface area contributed by atoms with Crippen molar-refractivity contribution in [2.75, 3.05) is 0 Å². The summed E-state index contributed by atoms with van der Waals surface area (Å²) in [6, 6.07) is 0. The van der Waals surface area contributed by atoms with Crippen molar-refractivity contribution in [3.63, 3.8) is 0 Å². The molecule has 0 spiro atoms. The molecule has 1 aliphatic carbocycles. The maximum Gasteiger partial charge on any atom is 0.134 e. The number of Topliss-reactive ketones (excluding diaryl/α,β-unsaturated/α-hetero) is 1. The number of ketones is 1. The van der Waals surface area contributed by atoms with E-state index in [4.69, 9.17) is 0 Å². The first-order chi connectivity index (χ1) is 7.26. The van der Waals surface area contributed by atoms with Crippen molar-refractivity contribution < 1.29 is 4.79 Å². The van der Waals surface area contributed by atoms with Crippen molar-refractivity contribution in [1.29, 1.82) is 0 Å². The molecule has 1 saturated carbocycles. The Morgan fingerprint density at radius 3 is 2.80 bits per heavy atom. The maximum atomic E-state index is 11.4. The van der Waals surface area contributed by atoms with E-state index in [1.807, 2.05) is 6.08 Å². The molecule has 0 N–H and O–H groups in total. The van der Waals surface area contributed by atoms with Crippen LogP contribution >= 0.6 is 0 Å². The number of rotatable bonds is 5. The van der Waals surface area contributed by atoms with E-state index in [0.717, 1.165) is 19.3 Å². The van der Waals surface area contributed by atoms with Gasteiger partial charge < -0.3 is 0 Å². The van der Waals surface area contributed by atoms with E-state index in [2.05, 4.69) is 25.7 Å². The molecule has 0 heterocycles. The summed E-state index contributed by atoms with van der Waals surface area (Å²) in [6.07, 6.45) is 12.6. The summed E-state index contributed by atoms with van der Waals surface area (Å²) < 4.78 is 0. The molecule has 1 nitrogen and oxygen atoms in total. The van der Waals surface area contributed by atoms with Crippen LogP contribution in [0.15, 0.2) is 24.8 Å². The second kappa shape index (κ2) is 6.60. The Bertz CT molecular complexity index is 240. The van der Waals surface area contributed by atoms with Gasteiger partial charge in [0.05, 0.1) is 0 Å². The molecule has 0 aromatic carbocycles. The smallest absolute Gasteiger partial charge is 0.134 e. The third-order valence-electron chi connectivity index (χ3n) is 3.05. The summed E-state index contributed by atoms with van der Waals surface area (Å²) >= 11 is 0. The molecule has 0 aromatic heterocycles. The fourth-order valence-electron chi connectivity index (χ4n) is 2.16. The fraction of sp³-hybridized carbons (Fsp3) is 0.643. The molecule has 0 aliphatic heterocycles. The zero-order valence-corrected chi connectivity index (χ0v) is 9.74. The van der Waals surface area contributed by atoms with Gasteiger partial charge >= 0.3 is 0 Å². The van der Waals surface area contributed by atoms with Gasteiger partial charge in [0.15, 0.2) is 0 Å². The Morgan fingerprint density at radius 1 is 1.40 bits per heavy atom. The van der Waals surface area contributed by atoms with Crippen LogP contribution < -0.4 is 0 Å². The summed E-state index contributed by atoms with van der Waals surface area (Å²) in [4.78, 5) is 11.4. The van der Waals surface area contributed by atoms with Crippen LogP contribution in [0.25, 0.3) is 0 Å². The molecular formula is C14H22O. The molecule has 0 saturated heterocycles. The predicted octanol–water partition coefficient (Wildman–Crippen LogP) is 3.90. The van der Waals surface area contributed by atoms with E-state index in [1.54, 1.807) is 0 Å². The Balaban J connectivity index is 2.37. The van der Waals surface area contributed by atoms with Crippen LogP contribution in [0.1, 0.15) is 45.4 Å². The second-order valence-electron chi connectivity index (χ2n) is 4.51. The molecule has 1 fully saturated rings. The van der Waals surface area contributed by atoms with Gasteiger partial charge in [0.1, 0.15) is 5.78 Å². The molecule has 1 aliphatic rings. The number of hydrogen-bond donors (Lipinski definition) is 0. The van der Waals surface area contributed by atoms with Gasteiger partial charge in [-0.05, 0) is 24.7 Å². The number of unbranched alkanes of at least 4 members (excludes halogenated alkanes) is 2. The molecule has 1 heteroatoms. The predicted molar refractivity (Wildman–Crippen MR) is 64.7 cm³/mol. The summed E-state index contributed by atoms with van der Waals surface area (Å²) in [5, 5.41) is 0. The van der Waals surface area contributed by atoms with Gasteiger partial charge in [-0.25, -0.2) is 0 Å². The monoisotopic (exact) mass is 206 g/mol. The highest BCUT2D eigenvalue weighted by Gasteiger charge is 2.23. The van der Waals surface area contributed by atoms with Crippen molar-refractivity contribution in [1.82, 2.24) is 0 Å².